The third-order valence-corrected chi connectivity index (χ3v) is 4.02. The maximum Gasteiger partial charge on any atom is 0.307 e. The predicted octanol–water partition coefficient (Wildman–Crippen LogP) is 4.03. The Morgan fingerprint density at radius 1 is 1.24 bits per heavy atom. The van der Waals surface area contributed by atoms with Gasteiger partial charge in [-0.3, -0.25) is 14.9 Å². The number of rotatable bonds is 5. The van der Waals surface area contributed by atoms with Crippen LogP contribution in [0.1, 0.15) is 5.56 Å². The quantitative estimate of drug-likeness (QED) is 0.663. The molecule has 0 aliphatic heterocycles. The first kappa shape index (κ1) is 15.3. The summed E-state index contributed by atoms with van der Waals surface area (Å²) < 4.78 is 0. The normalized spacial score (nSPS) is 10.3. The number of nitrogens with zero attached hydrogens (tertiary/aromatic N) is 1. The summed E-state index contributed by atoms with van der Waals surface area (Å²) in [7, 11) is 0. The van der Waals surface area contributed by atoms with Gasteiger partial charge in [0.1, 0.15) is 0 Å². The van der Waals surface area contributed by atoms with Crippen molar-refractivity contribution in [1.29, 1.82) is 0 Å². The van der Waals surface area contributed by atoms with Crippen molar-refractivity contribution in [3.8, 4) is 0 Å². The van der Waals surface area contributed by atoms with Crippen LogP contribution in [0.25, 0.3) is 0 Å². The zero-order valence-electron chi connectivity index (χ0n) is 10.7. The topological polar surface area (TPSA) is 80.4 Å². The molecule has 0 bridgehead atoms. The molecule has 0 heterocycles. The van der Waals surface area contributed by atoms with Crippen LogP contribution in [0.15, 0.2) is 52.3 Å². The molecule has 1 N–H and O–H groups in total. The first-order valence-corrected chi connectivity index (χ1v) is 7.07. The fraction of sp³-hybridized carbons (Fsp3) is 0.0714. The highest BCUT2D eigenvalue weighted by molar-refractivity contribution is 7.99. The first-order valence-electron chi connectivity index (χ1n) is 5.88. The van der Waals surface area contributed by atoms with Gasteiger partial charge in [0, 0.05) is 26.9 Å². The lowest BCUT2D eigenvalue weighted by molar-refractivity contribution is -0.385. The van der Waals surface area contributed by atoms with Crippen LogP contribution in [0.2, 0.25) is 5.02 Å². The third kappa shape index (κ3) is 4.21. The predicted molar refractivity (Wildman–Crippen MR) is 80.0 cm³/mol. The van der Waals surface area contributed by atoms with Gasteiger partial charge in [-0.15, -0.1) is 0 Å². The minimum Gasteiger partial charge on any atom is -0.481 e. The average Bonchev–Trinajstić information content (AvgIpc) is 2.42. The Bertz CT molecular complexity index is 688. The van der Waals surface area contributed by atoms with Crippen LogP contribution >= 0.6 is 23.4 Å². The van der Waals surface area contributed by atoms with Crippen molar-refractivity contribution in [3.63, 3.8) is 0 Å². The lowest BCUT2D eigenvalue weighted by atomic mass is 10.1. The highest BCUT2D eigenvalue weighted by atomic mass is 35.5. The molecule has 0 unspecified atom stereocenters. The van der Waals surface area contributed by atoms with Crippen LogP contribution in [0.3, 0.4) is 0 Å². The second-order valence-corrected chi connectivity index (χ2v) is 5.73. The highest BCUT2D eigenvalue weighted by Gasteiger charge is 2.14. The molecule has 0 fully saturated rings. The maximum atomic E-state index is 10.9. The number of carboxylic acid groups (broad SMARTS) is 1. The van der Waals surface area contributed by atoms with Gasteiger partial charge in [-0.2, -0.15) is 0 Å². The minimum absolute atomic E-state index is 0.119. The summed E-state index contributed by atoms with van der Waals surface area (Å²) >= 11 is 7.15. The number of aliphatic carboxylic acids is 1. The molecule has 21 heavy (non-hydrogen) atoms. The fourth-order valence-electron chi connectivity index (χ4n) is 1.71. The largest absolute Gasteiger partial charge is 0.481 e. The number of benzene rings is 2. The van der Waals surface area contributed by atoms with E-state index in [-0.39, 0.29) is 12.1 Å². The van der Waals surface area contributed by atoms with Gasteiger partial charge < -0.3 is 5.11 Å². The van der Waals surface area contributed by atoms with Gasteiger partial charge in [-0.25, -0.2) is 0 Å². The van der Waals surface area contributed by atoms with E-state index in [0.29, 0.717) is 15.5 Å². The number of nitro groups is 1. The van der Waals surface area contributed by atoms with Crippen molar-refractivity contribution < 1.29 is 14.8 Å². The van der Waals surface area contributed by atoms with E-state index in [9.17, 15) is 14.9 Å². The van der Waals surface area contributed by atoms with Gasteiger partial charge >= 0.3 is 5.97 Å². The van der Waals surface area contributed by atoms with Gasteiger partial charge in [-0.05, 0) is 35.9 Å². The number of carbonyl (C=O) groups is 1. The Labute approximate surface area is 129 Å². The number of hydrogen-bond donors (Lipinski definition) is 1. The molecule has 0 aliphatic rings. The molecule has 0 radical (unpaired) electrons. The molecular formula is C14H10ClNO4S. The van der Waals surface area contributed by atoms with E-state index >= 15 is 0 Å². The van der Waals surface area contributed by atoms with Gasteiger partial charge in [0.15, 0.2) is 0 Å². The molecule has 108 valence electrons. The molecule has 2 aromatic rings. The van der Waals surface area contributed by atoms with E-state index in [1.54, 1.807) is 30.3 Å². The van der Waals surface area contributed by atoms with Crippen LogP contribution in [0, 0.1) is 10.1 Å². The second-order valence-electron chi connectivity index (χ2n) is 4.18. The van der Waals surface area contributed by atoms with Gasteiger partial charge in [0.2, 0.25) is 0 Å². The zero-order chi connectivity index (χ0) is 15.4. The maximum absolute atomic E-state index is 10.9. The average molecular weight is 324 g/mol. The molecule has 0 saturated carbocycles. The van der Waals surface area contributed by atoms with Crippen molar-refractivity contribution in [3.05, 3.63) is 63.2 Å². The Morgan fingerprint density at radius 3 is 2.48 bits per heavy atom. The van der Waals surface area contributed by atoms with Crippen LogP contribution in [0.5, 0.6) is 0 Å². The molecule has 0 saturated heterocycles. The summed E-state index contributed by atoms with van der Waals surface area (Å²) in [6.45, 7) is 0. The van der Waals surface area contributed by atoms with Crippen LogP contribution < -0.4 is 0 Å². The van der Waals surface area contributed by atoms with Gasteiger partial charge in [0.05, 0.1) is 11.3 Å². The van der Waals surface area contributed by atoms with Gasteiger partial charge in [-0.1, -0.05) is 23.4 Å². The smallest absolute Gasteiger partial charge is 0.307 e. The molecule has 2 aromatic carbocycles. The van der Waals surface area contributed by atoms with E-state index in [0.717, 1.165) is 4.90 Å². The first-order chi connectivity index (χ1) is 9.95. The molecule has 0 aliphatic carbocycles. The molecule has 0 spiro atoms. The minimum atomic E-state index is -1.03. The van der Waals surface area contributed by atoms with Crippen molar-refractivity contribution >= 4 is 35.0 Å². The molecule has 0 atom stereocenters. The van der Waals surface area contributed by atoms with Crippen LogP contribution in [-0.2, 0) is 11.2 Å². The monoisotopic (exact) mass is 323 g/mol. The van der Waals surface area contributed by atoms with Crippen molar-refractivity contribution in [2.45, 2.75) is 16.2 Å². The summed E-state index contributed by atoms with van der Waals surface area (Å²) in [6, 6.07) is 11.3. The molecule has 0 aromatic heterocycles. The number of carboxylic acids is 1. The molecule has 7 heteroatoms. The Morgan fingerprint density at radius 2 is 1.90 bits per heavy atom. The third-order valence-electron chi connectivity index (χ3n) is 2.64. The van der Waals surface area contributed by atoms with E-state index < -0.39 is 10.9 Å². The molecule has 5 nitrogen and oxygen atoms in total. The van der Waals surface area contributed by atoms with Crippen molar-refractivity contribution in [2.24, 2.45) is 0 Å². The number of hydrogen-bond acceptors (Lipinski definition) is 4. The molecule has 0 amide bonds. The SMILES string of the molecule is O=C(O)Cc1cc([N+](=O)[O-])ccc1Sc1ccc(Cl)cc1. The summed E-state index contributed by atoms with van der Waals surface area (Å²) in [5.41, 5.74) is 0.295. The Kier molecular flexibility index (Phi) is 4.82. The molecule has 2 rings (SSSR count). The van der Waals surface area contributed by atoms with E-state index in [1.807, 2.05) is 0 Å². The number of nitro benzene ring substituents is 1. The number of non-ortho nitro benzene ring substituents is 1. The Balaban J connectivity index is 2.34. The van der Waals surface area contributed by atoms with Gasteiger partial charge in [0.25, 0.3) is 5.69 Å². The summed E-state index contributed by atoms with van der Waals surface area (Å²) in [5, 5.41) is 20.3. The van der Waals surface area contributed by atoms with Crippen LogP contribution in [0.4, 0.5) is 5.69 Å². The van der Waals surface area contributed by atoms with E-state index in [1.165, 1.54) is 23.9 Å². The second kappa shape index (κ2) is 6.60. The van der Waals surface area contributed by atoms with Crippen LogP contribution in [-0.4, -0.2) is 16.0 Å². The standard InChI is InChI=1S/C14H10ClNO4S/c15-10-1-4-12(5-2-10)21-13-6-3-11(16(19)20)7-9(13)8-14(17)18/h1-7H,8H2,(H,17,18). The summed E-state index contributed by atoms with van der Waals surface area (Å²) in [4.78, 5) is 22.7. The number of halogens is 1. The fourth-order valence-corrected chi connectivity index (χ4v) is 2.76. The van der Waals surface area contributed by atoms with E-state index in [2.05, 4.69) is 0 Å². The molecular weight excluding hydrogens is 314 g/mol. The zero-order valence-corrected chi connectivity index (χ0v) is 12.2. The highest BCUT2D eigenvalue weighted by Crippen LogP contribution is 2.33. The lowest BCUT2D eigenvalue weighted by Gasteiger charge is -2.07. The summed E-state index contributed by atoms with van der Waals surface area (Å²) in [5.74, 6) is -1.03. The van der Waals surface area contributed by atoms with Crippen molar-refractivity contribution in [2.75, 3.05) is 0 Å². The van der Waals surface area contributed by atoms with Crippen molar-refractivity contribution in [1.82, 2.24) is 0 Å². The van der Waals surface area contributed by atoms with E-state index in [4.69, 9.17) is 16.7 Å². The lowest BCUT2D eigenvalue weighted by Crippen LogP contribution is -2.02. The Hall–Kier alpha value is -2.05. The summed E-state index contributed by atoms with van der Waals surface area (Å²) in [6.07, 6.45) is -0.266.